The van der Waals surface area contributed by atoms with E-state index in [2.05, 4.69) is 39.7 Å². The average molecular weight is 258 g/mol. The van der Waals surface area contributed by atoms with Gasteiger partial charge in [0.15, 0.2) is 0 Å². The van der Waals surface area contributed by atoms with E-state index in [1.54, 1.807) is 0 Å². The van der Waals surface area contributed by atoms with E-state index >= 15 is 0 Å². The Balaban J connectivity index is 2.05. The molecule has 3 N–H and O–H groups in total. The summed E-state index contributed by atoms with van der Waals surface area (Å²) in [7, 11) is 0. The second-order valence-corrected chi connectivity index (χ2v) is 4.11. The molecule has 0 atom stereocenters. The normalized spacial score (nSPS) is 10.2. The number of anilines is 3. The summed E-state index contributed by atoms with van der Waals surface area (Å²) < 4.78 is 0. The average Bonchev–Trinajstić information content (AvgIpc) is 2.46. The Kier molecular flexibility index (Phi) is 4.69. The van der Waals surface area contributed by atoms with Crippen LogP contribution in [0.5, 0.6) is 0 Å². The van der Waals surface area contributed by atoms with Gasteiger partial charge in [0.25, 0.3) is 0 Å². The predicted octanol–water partition coefficient (Wildman–Crippen LogP) is 2.19. The van der Waals surface area contributed by atoms with E-state index in [1.165, 1.54) is 11.9 Å². The summed E-state index contributed by atoms with van der Waals surface area (Å²) in [5.74, 6) is 1.41. The van der Waals surface area contributed by atoms with Crippen LogP contribution in [0.1, 0.15) is 12.5 Å². The highest BCUT2D eigenvalue weighted by molar-refractivity contribution is 5.59. The van der Waals surface area contributed by atoms with Crippen molar-refractivity contribution in [1.29, 1.82) is 0 Å². The van der Waals surface area contributed by atoms with Crippen molar-refractivity contribution in [3.8, 4) is 0 Å². The Bertz CT molecular complexity index is 513. The minimum absolute atomic E-state index is 0.0746. The first kappa shape index (κ1) is 13.3. The van der Waals surface area contributed by atoms with Gasteiger partial charge in [-0.15, -0.1) is 0 Å². The van der Waals surface area contributed by atoms with Crippen LogP contribution in [-0.2, 0) is 6.42 Å². The number of aryl methyl sites for hydroxylation is 1. The molecule has 0 aliphatic carbocycles. The van der Waals surface area contributed by atoms with Crippen molar-refractivity contribution in [2.75, 3.05) is 23.8 Å². The van der Waals surface area contributed by atoms with Gasteiger partial charge in [-0.3, -0.25) is 0 Å². The monoisotopic (exact) mass is 258 g/mol. The maximum absolute atomic E-state index is 8.76. The lowest BCUT2D eigenvalue weighted by Crippen LogP contribution is -2.07. The summed E-state index contributed by atoms with van der Waals surface area (Å²) in [6.45, 7) is 2.68. The molecule has 0 saturated heterocycles. The molecule has 2 rings (SSSR count). The number of hydrogen-bond acceptors (Lipinski definition) is 5. The van der Waals surface area contributed by atoms with Crippen LogP contribution in [-0.4, -0.2) is 28.2 Å². The quantitative estimate of drug-likeness (QED) is 0.741. The second-order valence-electron chi connectivity index (χ2n) is 4.11. The van der Waals surface area contributed by atoms with E-state index in [4.69, 9.17) is 5.11 Å². The Morgan fingerprint density at radius 3 is 2.53 bits per heavy atom. The van der Waals surface area contributed by atoms with Crippen LogP contribution in [0.15, 0.2) is 36.7 Å². The highest BCUT2D eigenvalue weighted by atomic mass is 16.3. The highest BCUT2D eigenvalue weighted by Gasteiger charge is 1.99. The van der Waals surface area contributed by atoms with Gasteiger partial charge in [0.05, 0.1) is 6.61 Å². The Morgan fingerprint density at radius 1 is 1.11 bits per heavy atom. The largest absolute Gasteiger partial charge is 0.395 e. The summed E-state index contributed by atoms with van der Waals surface area (Å²) >= 11 is 0. The molecule has 0 radical (unpaired) electrons. The number of nitrogens with zero attached hydrogens (tertiary/aromatic N) is 2. The molecule has 5 heteroatoms. The molecule has 1 heterocycles. The molecule has 2 aromatic rings. The third-order valence-electron chi connectivity index (χ3n) is 2.72. The van der Waals surface area contributed by atoms with Crippen molar-refractivity contribution < 1.29 is 5.11 Å². The van der Waals surface area contributed by atoms with E-state index in [-0.39, 0.29) is 6.61 Å². The molecular formula is C14H18N4O. The SMILES string of the molecule is CCc1ccc(Nc2cc(NCCO)ncn2)cc1. The van der Waals surface area contributed by atoms with Gasteiger partial charge >= 0.3 is 0 Å². The Hall–Kier alpha value is -2.14. The van der Waals surface area contributed by atoms with Gasteiger partial charge in [-0.05, 0) is 24.1 Å². The molecule has 0 aliphatic rings. The number of nitrogens with one attached hydrogen (secondary N) is 2. The predicted molar refractivity (Wildman–Crippen MR) is 76.7 cm³/mol. The van der Waals surface area contributed by atoms with Gasteiger partial charge in [-0.25, -0.2) is 9.97 Å². The number of aromatic nitrogens is 2. The summed E-state index contributed by atoms with van der Waals surface area (Å²) in [6.07, 6.45) is 2.52. The third-order valence-corrected chi connectivity index (χ3v) is 2.72. The second kappa shape index (κ2) is 6.70. The Labute approximate surface area is 112 Å². The van der Waals surface area contributed by atoms with Crippen molar-refractivity contribution in [1.82, 2.24) is 9.97 Å². The summed E-state index contributed by atoms with van der Waals surface area (Å²) in [6, 6.07) is 10.1. The number of hydrogen-bond donors (Lipinski definition) is 3. The zero-order chi connectivity index (χ0) is 13.5. The first-order valence-electron chi connectivity index (χ1n) is 6.34. The van der Waals surface area contributed by atoms with Gasteiger partial charge < -0.3 is 15.7 Å². The molecule has 0 unspecified atom stereocenters. The van der Waals surface area contributed by atoms with Crippen molar-refractivity contribution in [2.45, 2.75) is 13.3 Å². The zero-order valence-corrected chi connectivity index (χ0v) is 10.9. The molecule has 5 nitrogen and oxygen atoms in total. The van der Waals surface area contributed by atoms with Gasteiger partial charge in [0, 0.05) is 18.3 Å². The van der Waals surface area contributed by atoms with Gasteiger partial charge in [0.1, 0.15) is 18.0 Å². The summed E-state index contributed by atoms with van der Waals surface area (Å²) in [4.78, 5) is 8.23. The molecule has 0 spiro atoms. The molecule has 100 valence electrons. The fraction of sp³-hybridized carbons (Fsp3) is 0.286. The van der Waals surface area contributed by atoms with E-state index < -0.39 is 0 Å². The van der Waals surface area contributed by atoms with Crippen LogP contribution >= 0.6 is 0 Å². The molecule has 0 saturated carbocycles. The lowest BCUT2D eigenvalue weighted by Gasteiger charge is -2.08. The van der Waals surface area contributed by atoms with E-state index in [0.717, 1.165) is 17.9 Å². The van der Waals surface area contributed by atoms with Crippen LogP contribution < -0.4 is 10.6 Å². The molecule has 0 fully saturated rings. The van der Waals surface area contributed by atoms with Crippen LogP contribution in [0, 0.1) is 0 Å². The Morgan fingerprint density at radius 2 is 1.84 bits per heavy atom. The van der Waals surface area contributed by atoms with Crippen LogP contribution in [0.25, 0.3) is 0 Å². The minimum atomic E-state index is 0.0746. The molecule has 0 amide bonds. The topological polar surface area (TPSA) is 70.1 Å². The van der Waals surface area contributed by atoms with Gasteiger partial charge in [-0.1, -0.05) is 19.1 Å². The maximum Gasteiger partial charge on any atom is 0.135 e. The fourth-order valence-electron chi connectivity index (χ4n) is 1.68. The van der Waals surface area contributed by atoms with E-state index in [9.17, 15) is 0 Å². The first-order chi connectivity index (χ1) is 9.31. The lowest BCUT2D eigenvalue weighted by molar-refractivity contribution is 0.311. The van der Waals surface area contributed by atoms with Crippen LogP contribution in [0.2, 0.25) is 0 Å². The molecule has 0 aliphatic heterocycles. The molecule has 0 bridgehead atoms. The van der Waals surface area contributed by atoms with E-state index in [0.29, 0.717) is 12.4 Å². The summed E-state index contributed by atoms with van der Waals surface area (Å²) in [5.41, 5.74) is 2.29. The molecular weight excluding hydrogens is 240 g/mol. The number of aliphatic hydroxyl groups is 1. The molecule has 1 aromatic carbocycles. The van der Waals surface area contributed by atoms with Crippen molar-refractivity contribution in [3.05, 3.63) is 42.2 Å². The van der Waals surface area contributed by atoms with Crippen molar-refractivity contribution in [2.24, 2.45) is 0 Å². The maximum atomic E-state index is 8.76. The molecule has 19 heavy (non-hydrogen) atoms. The van der Waals surface area contributed by atoms with Gasteiger partial charge in [0.2, 0.25) is 0 Å². The number of benzene rings is 1. The lowest BCUT2D eigenvalue weighted by atomic mass is 10.1. The molecule has 1 aromatic heterocycles. The minimum Gasteiger partial charge on any atom is -0.395 e. The first-order valence-corrected chi connectivity index (χ1v) is 6.34. The van der Waals surface area contributed by atoms with Crippen molar-refractivity contribution >= 4 is 17.3 Å². The van der Waals surface area contributed by atoms with Crippen LogP contribution in [0.3, 0.4) is 0 Å². The zero-order valence-electron chi connectivity index (χ0n) is 10.9. The number of rotatable bonds is 6. The third kappa shape index (κ3) is 3.93. The number of aliphatic hydroxyl groups excluding tert-OH is 1. The standard InChI is InChI=1S/C14H18N4O/c1-2-11-3-5-12(6-4-11)18-14-9-13(15-7-8-19)16-10-17-14/h3-6,9-10,19H,2,7-8H2,1H3,(H2,15,16,17,18). The van der Waals surface area contributed by atoms with Crippen molar-refractivity contribution in [3.63, 3.8) is 0 Å². The van der Waals surface area contributed by atoms with Crippen LogP contribution in [0.4, 0.5) is 17.3 Å². The van der Waals surface area contributed by atoms with Gasteiger partial charge in [-0.2, -0.15) is 0 Å². The highest BCUT2D eigenvalue weighted by Crippen LogP contribution is 2.16. The summed E-state index contributed by atoms with van der Waals surface area (Å²) in [5, 5.41) is 15.0. The van der Waals surface area contributed by atoms with E-state index in [1.807, 2.05) is 18.2 Å². The smallest absolute Gasteiger partial charge is 0.135 e. The fourth-order valence-corrected chi connectivity index (χ4v) is 1.68.